The lowest BCUT2D eigenvalue weighted by atomic mass is 10.0. The van der Waals surface area contributed by atoms with Crippen LogP contribution in [0.25, 0.3) is 0 Å². The lowest BCUT2D eigenvalue weighted by Crippen LogP contribution is -2.27. The Morgan fingerprint density at radius 2 is 0.527 bits per heavy atom. The second-order valence-corrected chi connectivity index (χ2v) is 17.3. The zero-order valence-electron chi connectivity index (χ0n) is 37.5. The maximum atomic E-state index is 12.1. The van der Waals surface area contributed by atoms with Gasteiger partial charge in [-0.25, -0.2) is 4.79 Å². The van der Waals surface area contributed by atoms with Crippen LogP contribution in [0.2, 0.25) is 0 Å². The van der Waals surface area contributed by atoms with E-state index in [0.29, 0.717) is 13.2 Å². The fourth-order valence-corrected chi connectivity index (χ4v) is 7.82. The molecule has 0 amide bonds. The zero-order chi connectivity index (χ0) is 40.0. The van der Waals surface area contributed by atoms with Gasteiger partial charge in [0.2, 0.25) is 0 Å². The first-order valence-corrected chi connectivity index (χ1v) is 25.1. The second kappa shape index (κ2) is 47.3. The van der Waals surface area contributed by atoms with Gasteiger partial charge < -0.3 is 14.6 Å². The van der Waals surface area contributed by atoms with E-state index in [-0.39, 0.29) is 6.42 Å². The first-order chi connectivity index (χ1) is 27.1. The molecule has 0 aromatic rings. The van der Waals surface area contributed by atoms with Crippen LogP contribution in [0.5, 0.6) is 0 Å². The summed E-state index contributed by atoms with van der Waals surface area (Å²) in [6.45, 7) is 5.25. The molecule has 328 valence electrons. The van der Waals surface area contributed by atoms with Crippen LogP contribution in [0, 0.1) is 0 Å². The highest BCUT2D eigenvalue weighted by Gasteiger charge is 2.21. The van der Waals surface area contributed by atoms with E-state index in [4.69, 9.17) is 9.47 Å². The molecule has 0 fully saturated rings. The molecular weight excluding hydrogens is 681 g/mol. The van der Waals surface area contributed by atoms with E-state index in [0.717, 1.165) is 32.1 Å². The van der Waals surface area contributed by atoms with Gasteiger partial charge in [0, 0.05) is 0 Å². The maximum Gasteiger partial charge on any atom is 0.335 e. The minimum Gasteiger partial charge on any atom is -0.466 e. The number of aliphatic hydroxyl groups excluding tert-OH is 1. The minimum absolute atomic E-state index is 0.309. The SMILES string of the molecule is CCCCCCCCCCCCCCCCCCCCCCCOC(=O)CC(O)C(=O)OCCCCCCCCCCCCCCCCCCCCCCC. The smallest absolute Gasteiger partial charge is 0.335 e. The van der Waals surface area contributed by atoms with E-state index >= 15 is 0 Å². The fraction of sp³-hybridized carbons (Fsp3) is 0.960. The first-order valence-electron chi connectivity index (χ1n) is 25.1. The molecule has 0 heterocycles. The molecule has 55 heavy (non-hydrogen) atoms. The molecule has 0 spiro atoms. The van der Waals surface area contributed by atoms with Gasteiger partial charge in [0.25, 0.3) is 0 Å². The van der Waals surface area contributed by atoms with Gasteiger partial charge in [-0.05, 0) is 12.8 Å². The van der Waals surface area contributed by atoms with Crippen molar-refractivity contribution in [3.63, 3.8) is 0 Å². The Morgan fingerprint density at radius 1 is 0.327 bits per heavy atom. The number of esters is 2. The van der Waals surface area contributed by atoms with Crippen LogP contribution in [-0.4, -0.2) is 36.4 Å². The van der Waals surface area contributed by atoms with Gasteiger partial charge in [-0.3, -0.25) is 4.79 Å². The third-order valence-electron chi connectivity index (χ3n) is 11.6. The molecule has 0 aromatic carbocycles. The van der Waals surface area contributed by atoms with Crippen LogP contribution in [0.4, 0.5) is 0 Å². The van der Waals surface area contributed by atoms with Gasteiger partial charge in [-0.15, -0.1) is 0 Å². The van der Waals surface area contributed by atoms with E-state index in [1.807, 2.05) is 0 Å². The third-order valence-corrected chi connectivity index (χ3v) is 11.6. The zero-order valence-corrected chi connectivity index (χ0v) is 37.5. The second-order valence-electron chi connectivity index (χ2n) is 17.3. The Kier molecular flexibility index (Phi) is 46.3. The van der Waals surface area contributed by atoms with Crippen molar-refractivity contribution in [1.82, 2.24) is 0 Å². The van der Waals surface area contributed by atoms with Crippen molar-refractivity contribution >= 4 is 11.9 Å². The number of carbonyl (C=O) groups is 2. The number of aliphatic hydroxyl groups is 1. The van der Waals surface area contributed by atoms with Gasteiger partial charge in [0.05, 0.1) is 19.6 Å². The van der Waals surface area contributed by atoms with E-state index in [1.54, 1.807) is 0 Å². The summed E-state index contributed by atoms with van der Waals surface area (Å²) in [4.78, 5) is 24.1. The van der Waals surface area contributed by atoms with Gasteiger partial charge in [0.15, 0.2) is 6.10 Å². The van der Waals surface area contributed by atoms with Crippen molar-refractivity contribution in [3.8, 4) is 0 Å². The van der Waals surface area contributed by atoms with Crippen molar-refractivity contribution in [2.75, 3.05) is 13.2 Å². The predicted octanol–water partition coefficient (Wildman–Crippen LogP) is 16.2. The summed E-state index contributed by atoms with van der Waals surface area (Å²) >= 11 is 0. The predicted molar refractivity (Wildman–Crippen MR) is 238 cm³/mol. The summed E-state index contributed by atoms with van der Waals surface area (Å²) in [6, 6.07) is 0. The molecule has 1 N–H and O–H groups in total. The molecule has 1 unspecified atom stereocenters. The standard InChI is InChI=1S/C50H98O5/c1-3-5-7-9-11-13-15-17-19-21-23-25-27-29-31-33-35-37-39-41-43-45-54-49(52)47-48(51)50(53)55-46-44-42-40-38-36-34-32-30-28-26-24-22-20-18-16-14-12-10-8-6-4-2/h48,51H,3-47H2,1-2H3. The van der Waals surface area contributed by atoms with E-state index < -0.39 is 18.0 Å². The van der Waals surface area contributed by atoms with Crippen LogP contribution in [0.15, 0.2) is 0 Å². The summed E-state index contributed by atoms with van der Waals surface area (Å²) in [5.74, 6) is -1.23. The topological polar surface area (TPSA) is 72.8 Å². The highest BCUT2D eigenvalue weighted by molar-refractivity contribution is 5.81. The van der Waals surface area contributed by atoms with Gasteiger partial charge >= 0.3 is 11.9 Å². The van der Waals surface area contributed by atoms with Crippen molar-refractivity contribution < 1.29 is 24.2 Å². The summed E-state index contributed by atoms with van der Waals surface area (Å²) in [5, 5.41) is 10.1. The Morgan fingerprint density at radius 3 is 0.764 bits per heavy atom. The first kappa shape index (κ1) is 53.9. The molecule has 0 aliphatic carbocycles. The normalized spacial score (nSPS) is 12.0. The van der Waals surface area contributed by atoms with Crippen LogP contribution in [0.3, 0.4) is 0 Å². The number of hydrogen-bond acceptors (Lipinski definition) is 5. The van der Waals surface area contributed by atoms with E-state index in [1.165, 1.54) is 238 Å². The van der Waals surface area contributed by atoms with Crippen LogP contribution < -0.4 is 0 Å². The quantitative estimate of drug-likeness (QED) is 0.0492. The number of hydrogen-bond donors (Lipinski definition) is 1. The van der Waals surface area contributed by atoms with E-state index in [2.05, 4.69) is 13.8 Å². The van der Waals surface area contributed by atoms with Gasteiger partial charge in [0.1, 0.15) is 0 Å². The maximum absolute atomic E-state index is 12.1. The Bertz CT molecular complexity index is 754. The van der Waals surface area contributed by atoms with Gasteiger partial charge in [-0.1, -0.05) is 271 Å². The summed E-state index contributed by atoms with van der Waals surface area (Å²) in [7, 11) is 0. The molecule has 0 saturated heterocycles. The van der Waals surface area contributed by atoms with Crippen LogP contribution >= 0.6 is 0 Å². The van der Waals surface area contributed by atoms with Crippen molar-refractivity contribution in [2.24, 2.45) is 0 Å². The fourth-order valence-electron chi connectivity index (χ4n) is 7.82. The minimum atomic E-state index is -1.43. The van der Waals surface area contributed by atoms with E-state index in [9.17, 15) is 14.7 Å². The molecule has 5 heteroatoms. The highest BCUT2D eigenvalue weighted by Crippen LogP contribution is 2.17. The summed E-state index contributed by atoms with van der Waals surface area (Å²) in [6.07, 6.45) is 54.5. The molecule has 0 aliphatic rings. The third kappa shape index (κ3) is 45.5. The van der Waals surface area contributed by atoms with Gasteiger partial charge in [-0.2, -0.15) is 0 Å². The van der Waals surface area contributed by atoms with Crippen molar-refractivity contribution in [1.29, 1.82) is 0 Å². The molecule has 0 saturated carbocycles. The average molecular weight is 779 g/mol. The lowest BCUT2D eigenvalue weighted by molar-refractivity contribution is -0.160. The number of ether oxygens (including phenoxy) is 2. The molecule has 5 nitrogen and oxygen atoms in total. The van der Waals surface area contributed by atoms with Crippen LogP contribution in [-0.2, 0) is 19.1 Å². The number of rotatable bonds is 47. The molecule has 1 atom stereocenters. The monoisotopic (exact) mass is 779 g/mol. The summed E-state index contributed by atoms with van der Waals surface area (Å²) < 4.78 is 10.5. The summed E-state index contributed by atoms with van der Waals surface area (Å²) in [5.41, 5.74) is 0. The molecular formula is C50H98O5. The highest BCUT2D eigenvalue weighted by atomic mass is 16.6. The largest absolute Gasteiger partial charge is 0.466 e. The lowest BCUT2D eigenvalue weighted by Gasteiger charge is -2.11. The number of carbonyl (C=O) groups excluding carboxylic acids is 2. The average Bonchev–Trinajstić information content (AvgIpc) is 3.18. The van der Waals surface area contributed by atoms with Crippen LogP contribution in [0.1, 0.15) is 290 Å². The molecule has 0 aromatic heterocycles. The molecule has 0 radical (unpaired) electrons. The Labute approximate surface area is 344 Å². The molecule has 0 aliphatic heterocycles. The molecule has 0 rings (SSSR count). The molecule has 0 bridgehead atoms. The Hall–Kier alpha value is -1.10. The Balaban J connectivity index is 3.33. The number of unbranched alkanes of at least 4 members (excludes halogenated alkanes) is 40. The van der Waals surface area contributed by atoms with Crippen molar-refractivity contribution in [3.05, 3.63) is 0 Å². The van der Waals surface area contributed by atoms with Crippen molar-refractivity contribution in [2.45, 2.75) is 296 Å².